The molecular weight excluding hydrogens is 612 g/mol. The normalized spacial score (nSPS) is 11.6. The topological polar surface area (TPSA) is 151 Å². The molecular formula is C30H29N2O10S2+. The van der Waals surface area contributed by atoms with E-state index in [4.69, 9.17) is 23.9 Å². The van der Waals surface area contributed by atoms with E-state index in [0.29, 0.717) is 51.5 Å². The van der Waals surface area contributed by atoms with Crippen LogP contribution in [0.5, 0.6) is 17.2 Å². The van der Waals surface area contributed by atoms with Gasteiger partial charge >= 0.3 is 0 Å². The molecule has 12 nitrogen and oxygen atoms in total. The van der Waals surface area contributed by atoms with E-state index in [2.05, 4.69) is 14.4 Å². The zero-order valence-corrected chi connectivity index (χ0v) is 25.6. The van der Waals surface area contributed by atoms with Crippen LogP contribution in [0.25, 0.3) is 44.9 Å². The van der Waals surface area contributed by atoms with Crippen LogP contribution >= 0.6 is 12.0 Å². The third-order valence-electron chi connectivity index (χ3n) is 6.85. The van der Waals surface area contributed by atoms with E-state index in [-0.39, 0.29) is 12.2 Å². The zero-order valence-electron chi connectivity index (χ0n) is 23.9. The molecule has 0 aliphatic heterocycles. The van der Waals surface area contributed by atoms with E-state index < -0.39 is 10.1 Å². The first kappa shape index (κ1) is 31.3. The molecule has 230 valence electrons. The molecule has 5 rings (SSSR count). The Labute approximate surface area is 257 Å². The summed E-state index contributed by atoms with van der Waals surface area (Å²) in [6.45, 7) is 0.313. The van der Waals surface area contributed by atoms with Gasteiger partial charge in [0.1, 0.15) is 17.2 Å². The Balaban J connectivity index is 1.69. The SMILES string of the molecule is COc1ccc2c(c1)c(-c1ncc(-c3cc(SOOO)c(OC)cc3OC)o1)cc(-c1ccccc1)[n+]2CCCS(=O)(=O)O. The molecule has 0 atom stereocenters. The smallest absolute Gasteiger partial charge is 0.265 e. The lowest BCUT2D eigenvalue weighted by Crippen LogP contribution is -2.38. The van der Waals surface area contributed by atoms with Crippen molar-refractivity contribution >= 4 is 33.1 Å². The van der Waals surface area contributed by atoms with Crippen LogP contribution in [-0.4, -0.2) is 50.3 Å². The molecule has 2 aromatic heterocycles. The maximum Gasteiger partial charge on any atom is 0.265 e. The third kappa shape index (κ3) is 6.80. The molecule has 0 fully saturated rings. The molecule has 3 aromatic carbocycles. The van der Waals surface area contributed by atoms with Crippen LogP contribution in [0.15, 0.2) is 82.2 Å². The summed E-state index contributed by atoms with van der Waals surface area (Å²) in [5.41, 5.74) is 3.65. The quantitative estimate of drug-likeness (QED) is 0.0522. The maximum atomic E-state index is 11.5. The van der Waals surface area contributed by atoms with Crippen LogP contribution in [0.4, 0.5) is 0 Å². The second-order valence-corrected chi connectivity index (χ2v) is 11.8. The fourth-order valence-corrected chi connectivity index (χ4v) is 5.88. The Morgan fingerprint density at radius 2 is 1.70 bits per heavy atom. The number of oxazole rings is 1. The average molecular weight is 642 g/mol. The molecule has 14 heteroatoms. The maximum absolute atomic E-state index is 11.5. The van der Waals surface area contributed by atoms with E-state index in [0.717, 1.165) is 34.2 Å². The number of hydrogen-bond donors (Lipinski definition) is 2. The van der Waals surface area contributed by atoms with E-state index >= 15 is 0 Å². The van der Waals surface area contributed by atoms with Crippen LogP contribution in [0.3, 0.4) is 0 Å². The van der Waals surface area contributed by atoms with Crippen molar-refractivity contribution in [3.05, 3.63) is 72.9 Å². The fourth-order valence-electron chi connectivity index (χ4n) is 4.89. The van der Waals surface area contributed by atoms with Crippen molar-refractivity contribution in [1.29, 1.82) is 0 Å². The number of fused-ring (bicyclic) bond motifs is 1. The highest BCUT2D eigenvalue weighted by Crippen LogP contribution is 2.42. The van der Waals surface area contributed by atoms with Crippen molar-refractivity contribution in [1.82, 2.24) is 4.98 Å². The number of hydrogen-bond acceptors (Lipinski definition) is 11. The molecule has 5 aromatic rings. The van der Waals surface area contributed by atoms with Gasteiger partial charge in [-0.15, -0.1) is 4.33 Å². The number of ether oxygens (including phenoxy) is 3. The summed E-state index contributed by atoms with van der Waals surface area (Å²) >= 11 is 0.733. The summed E-state index contributed by atoms with van der Waals surface area (Å²) < 4.78 is 61.9. The fraction of sp³-hybridized carbons (Fsp3) is 0.200. The Hall–Kier alpha value is -4.18. The van der Waals surface area contributed by atoms with Gasteiger partial charge in [0, 0.05) is 30.2 Å². The monoisotopic (exact) mass is 641 g/mol. The van der Waals surface area contributed by atoms with Gasteiger partial charge in [-0.2, -0.15) is 13.0 Å². The largest absolute Gasteiger partial charge is 0.497 e. The van der Waals surface area contributed by atoms with Gasteiger partial charge in [-0.3, -0.25) is 4.55 Å². The first-order valence-corrected chi connectivity index (χ1v) is 15.5. The van der Waals surface area contributed by atoms with Gasteiger partial charge in [0.2, 0.25) is 17.1 Å². The van der Waals surface area contributed by atoms with Gasteiger partial charge in [-0.1, -0.05) is 23.2 Å². The number of rotatable bonds is 13. The van der Waals surface area contributed by atoms with Crippen LogP contribution in [0.1, 0.15) is 6.42 Å². The van der Waals surface area contributed by atoms with Crippen molar-refractivity contribution in [3.8, 4) is 51.3 Å². The van der Waals surface area contributed by atoms with Crippen LogP contribution in [0, 0.1) is 0 Å². The third-order valence-corrected chi connectivity index (χ3v) is 8.28. The molecule has 44 heavy (non-hydrogen) atoms. The predicted molar refractivity (Wildman–Crippen MR) is 162 cm³/mol. The summed E-state index contributed by atoms with van der Waals surface area (Å²) in [6.07, 6.45) is 1.76. The van der Waals surface area contributed by atoms with Gasteiger partial charge in [0.05, 0.1) is 66.7 Å². The first-order chi connectivity index (χ1) is 21.3. The molecule has 0 radical (unpaired) electrons. The summed E-state index contributed by atoms with van der Waals surface area (Å²) in [4.78, 5) is 5.09. The van der Waals surface area contributed by atoms with Gasteiger partial charge in [-0.05, 0) is 30.3 Å². The summed E-state index contributed by atoms with van der Waals surface area (Å²) in [5.74, 6) is 1.78. The van der Waals surface area contributed by atoms with E-state index in [1.54, 1.807) is 25.4 Å². The van der Waals surface area contributed by atoms with Gasteiger partial charge in [0.15, 0.2) is 12.3 Å². The van der Waals surface area contributed by atoms with Crippen LogP contribution < -0.4 is 18.8 Å². The molecule has 0 saturated carbocycles. The highest BCUT2D eigenvalue weighted by Gasteiger charge is 2.26. The standard InChI is InChI=1S/C30H28N2O10S2/c1-37-20-10-11-24-21(14-20)22(15-25(19-8-5-4-6-9-19)32(24)12-7-13-44(34,35)36)30-31-18-28(40-30)23-16-29(43-42-41-33)27(39-3)17-26(23)38-2/h4-6,8-11,14-18H,7,12-13H2,1-3H3,(H-,33,34,35,36)/p+1. The molecule has 2 heterocycles. The molecule has 0 spiro atoms. The average Bonchev–Trinajstić information content (AvgIpc) is 3.52. The van der Waals surface area contributed by atoms with E-state index in [1.165, 1.54) is 14.2 Å². The molecule has 0 amide bonds. The molecule has 2 N–H and O–H groups in total. The van der Waals surface area contributed by atoms with Gasteiger partial charge in [-0.25, -0.2) is 10.2 Å². The van der Waals surface area contributed by atoms with E-state index in [1.807, 2.05) is 59.2 Å². The predicted octanol–water partition coefficient (Wildman–Crippen LogP) is 5.85. The van der Waals surface area contributed by atoms with Crippen molar-refractivity contribution < 1.29 is 50.8 Å². The minimum atomic E-state index is -4.13. The summed E-state index contributed by atoms with van der Waals surface area (Å²) in [6, 6.07) is 20.5. The van der Waals surface area contributed by atoms with Crippen molar-refractivity contribution in [2.24, 2.45) is 0 Å². The molecule has 0 saturated heterocycles. The van der Waals surface area contributed by atoms with Crippen LogP contribution in [-0.2, 0) is 26.0 Å². The second-order valence-electron chi connectivity index (χ2n) is 9.44. The molecule has 0 unspecified atom stereocenters. The summed E-state index contributed by atoms with van der Waals surface area (Å²) in [5, 5.41) is 13.2. The molecule has 0 aliphatic carbocycles. The number of nitrogens with zero attached hydrogens (tertiary/aromatic N) is 2. The lowest BCUT2D eigenvalue weighted by atomic mass is 10.0. The molecule has 0 aliphatic rings. The van der Waals surface area contributed by atoms with E-state index in [9.17, 15) is 13.0 Å². The Morgan fingerprint density at radius 3 is 2.39 bits per heavy atom. The van der Waals surface area contributed by atoms with Crippen molar-refractivity contribution in [2.75, 3.05) is 27.1 Å². The number of pyridine rings is 1. The Kier molecular flexibility index (Phi) is 9.68. The zero-order chi connectivity index (χ0) is 31.3. The first-order valence-electron chi connectivity index (χ1n) is 13.2. The lowest BCUT2D eigenvalue weighted by molar-refractivity contribution is -0.660. The molecule has 0 bridgehead atoms. The minimum absolute atomic E-state index is 0.190. The number of methoxy groups -OCH3 is 3. The van der Waals surface area contributed by atoms with Crippen molar-refractivity contribution in [2.45, 2.75) is 17.9 Å². The number of benzene rings is 3. The lowest BCUT2D eigenvalue weighted by Gasteiger charge is -2.13. The number of aromatic nitrogens is 2. The minimum Gasteiger partial charge on any atom is -0.497 e. The van der Waals surface area contributed by atoms with Gasteiger partial charge < -0.3 is 18.6 Å². The van der Waals surface area contributed by atoms with Crippen molar-refractivity contribution in [3.63, 3.8) is 0 Å². The summed E-state index contributed by atoms with van der Waals surface area (Å²) in [7, 11) is 0.433. The van der Waals surface area contributed by atoms with Crippen LogP contribution in [0.2, 0.25) is 0 Å². The second kappa shape index (κ2) is 13.6. The van der Waals surface area contributed by atoms with Gasteiger partial charge in [0.25, 0.3) is 10.1 Å². The Bertz CT molecular complexity index is 1880. The highest BCUT2D eigenvalue weighted by molar-refractivity contribution is 7.94. The Morgan fingerprint density at radius 1 is 0.932 bits per heavy atom. The number of aryl methyl sites for hydroxylation is 1. The highest BCUT2D eigenvalue weighted by atomic mass is 32.2.